The summed E-state index contributed by atoms with van der Waals surface area (Å²) in [7, 11) is 0. The molecule has 1 aromatic carbocycles. The number of carbonyl (C=O) groups is 1. The number of amides is 1. The molecular formula is C20H28N2O. The van der Waals surface area contributed by atoms with Crippen molar-refractivity contribution in [3.63, 3.8) is 0 Å². The molecular weight excluding hydrogens is 284 g/mol. The predicted molar refractivity (Wildman–Crippen MR) is 92.1 cm³/mol. The molecule has 3 nitrogen and oxygen atoms in total. The number of nitrogens with one attached hydrogen (secondary N) is 1. The maximum absolute atomic E-state index is 12.5. The topological polar surface area (TPSA) is 32.3 Å². The van der Waals surface area contributed by atoms with Crippen LogP contribution in [0.15, 0.2) is 30.3 Å². The molecule has 3 fully saturated rings. The molecule has 0 radical (unpaired) electrons. The Bertz CT molecular complexity index is 524. The third-order valence-electron chi connectivity index (χ3n) is 5.75. The lowest BCUT2D eigenvalue weighted by Crippen LogP contribution is -2.45. The van der Waals surface area contributed by atoms with Crippen molar-refractivity contribution in [2.75, 3.05) is 13.1 Å². The summed E-state index contributed by atoms with van der Waals surface area (Å²) in [5.74, 6) is 1.82. The van der Waals surface area contributed by atoms with Gasteiger partial charge in [0.2, 0.25) is 5.91 Å². The third kappa shape index (κ3) is 3.95. The lowest BCUT2D eigenvalue weighted by molar-refractivity contribution is -0.123. The summed E-state index contributed by atoms with van der Waals surface area (Å²) in [5.41, 5.74) is 1.39. The van der Waals surface area contributed by atoms with Crippen LogP contribution in [0.1, 0.15) is 44.1 Å². The van der Waals surface area contributed by atoms with Gasteiger partial charge in [-0.1, -0.05) is 30.3 Å². The minimum Gasteiger partial charge on any atom is -0.352 e. The van der Waals surface area contributed by atoms with Crippen molar-refractivity contribution in [2.45, 2.75) is 57.0 Å². The molecule has 1 N–H and O–H groups in total. The molecule has 4 rings (SSSR count). The molecule has 2 aliphatic carbocycles. The zero-order valence-corrected chi connectivity index (χ0v) is 13.9. The smallest absolute Gasteiger partial charge is 0.234 e. The monoisotopic (exact) mass is 312 g/mol. The van der Waals surface area contributed by atoms with Gasteiger partial charge in [-0.05, 0) is 68.9 Å². The molecule has 3 aliphatic rings. The molecule has 1 atom stereocenters. The Kier molecular flexibility index (Phi) is 4.39. The van der Waals surface area contributed by atoms with Crippen molar-refractivity contribution in [1.82, 2.24) is 10.2 Å². The van der Waals surface area contributed by atoms with Gasteiger partial charge in [0.05, 0.1) is 6.54 Å². The Morgan fingerprint density at radius 1 is 1.09 bits per heavy atom. The summed E-state index contributed by atoms with van der Waals surface area (Å²) in [6.07, 6.45) is 8.80. The molecule has 1 heterocycles. The molecule has 3 heteroatoms. The van der Waals surface area contributed by atoms with Gasteiger partial charge in [-0.3, -0.25) is 9.69 Å². The fourth-order valence-electron chi connectivity index (χ4n) is 4.17. The van der Waals surface area contributed by atoms with Crippen LogP contribution in [-0.2, 0) is 11.2 Å². The van der Waals surface area contributed by atoms with Crippen LogP contribution in [0.3, 0.4) is 0 Å². The summed E-state index contributed by atoms with van der Waals surface area (Å²) < 4.78 is 0. The van der Waals surface area contributed by atoms with E-state index in [1.165, 1.54) is 44.1 Å². The first-order chi connectivity index (χ1) is 11.3. The highest BCUT2D eigenvalue weighted by Crippen LogP contribution is 2.44. The van der Waals surface area contributed by atoms with Crippen molar-refractivity contribution in [2.24, 2.45) is 11.8 Å². The lowest BCUT2D eigenvalue weighted by Gasteiger charge is -2.26. The van der Waals surface area contributed by atoms with E-state index in [1.807, 2.05) is 0 Å². The van der Waals surface area contributed by atoms with E-state index in [1.54, 1.807) is 0 Å². The first-order valence-electron chi connectivity index (χ1n) is 9.37. The van der Waals surface area contributed by atoms with Crippen molar-refractivity contribution in [3.05, 3.63) is 35.9 Å². The van der Waals surface area contributed by atoms with Gasteiger partial charge in [-0.15, -0.1) is 0 Å². The number of hydrogen-bond acceptors (Lipinski definition) is 2. The number of rotatable bonds is 7. The number of carbonyl (C=O) groups excluding carboxylic acids is 1. The normalized spacial score (nSPS) is 25.0. The zero-order valence-electron chi connectivity index (χ0n) is 13.9. The molecule has 1 amide bonds. The Balaban J connectivity index is 1.30. The van der Waals surface area contributed by atoms with Crippen LogP contribution in [-0.4, -0.2) is 36.0 Å². The van der Waals surface area contributed by atoms with Gasteiger partial charge >= 0.3 is 0 Å². The minimum absolute atomic E-state index is 0.258. The fraction of sp³-hybridized carbons (Fsp3) is 0.650. The molecule has 0 aromatic heterocycles. The standard InChI is InChI=1S/C20H28N2O/c23-19(21-20(16-8-9-16)17-10-11-17)14-22-12-4-7-18(22)13-15-5-2-1-3-6-15/h1-3,5-6,16-18,20H,4,7-14H2,(H,21,23)/t18-/m0/s1. The Morgan fingerprint density at radius 3 is 2.43 bits per heavy atom. The van der Waals surface area contributed by atoms with Gasteiger partial charge in [-0.25, -0.2) is 0 Å². The van der Waals surface area contributed by atoms with Crippen LogP contribution in [0, 0.1) is 11.8 Å². The highest BCUT2D eigenvalue weighted by atomic mass is 16.2. The molecule has 124 valence electrons. The van der Waals surface area contributed by atoms with Crippen LogP contribution in [0.25, 0.3) is 0 Å². The molecule has 23 heavy (non-hydrogen) atoms. The van der Waals surface area contributed by atoms with Gasteiger partial charge in [-0.2, -0.15) is 0 Å². The summed E-state index contributed by atoms with van der Waals surface area (Å²) in [6, 6.07) is 11.7. The van der Waals surface area contributed by atoms with Crippen LogP contribution in [0.4, 0.5) is 0 Å². The largest absolute Gasteiger partial charge is 0.352 e. The first-order valence-corrected chi connectivity index (χ1v) is 9.37. The maximum Gasteiger partial charge on any atom is 0.234 e. The third-order valence-corrected chi connectivity index (χ3v) is 5.75. The van der Waals surface area contributed by atoms with Crippen molar-refractivity contribution in [3.8, 4) is 0 Å². The minimum atomic E-state index is 0.258. The number of likely N-dealkylation sites (tertiary alicyclic amines) is 1. The van der Waals surface area contributed by atoms with Crippen LogP contribution >= 0.6 is 0 Å². The van der Waals surface area contributed by atoms with Gasteiger partial charge in [0.25, 0.3) is 0 Å². The molecule has 0 bridgehead atoms. The molecule has 0 spiro atoms. The summed E-state index contributed by atoms with van der Waals surface area (Å²) in [5, 5.41) is 3.37. The second-order valence-corrected chi connectivity index (χ2v) is 7.72. The van der Waals surface area contributed by atoms with Crippen LogP contribution < -0.4 is 5.32 Å². The van der Waals surface area contributed by atoms with E-state index < -0.39 is 0 Å². The molecule has 1 saturated heterocycles. The fourth-order valence-corrected chi connectivity index (χ4v) is 4.17. The number of nitrogens with zero attached hydrogens (tertiary/aromatic N) is 1. The second kappa shape index (κ2) is 6.64. The maximum atomic E-state index is 12.5. The van der Waals surface area contributed by atoms with Gasteiger partial charge in [0.1, 0.15) is 0 Å². The molecule has 1 aromatic rings. The van der Waals surface area contributed by atoms with Gasteiger partial charge in [0, 0.05) is 12.1 Å². The first kappa shape index (κ1) is 15.2. The summed E-state index contributed by atoms with van der Waals surface area (Å²) >= 11 is 0. The summed E-state index contributed by atoms with van der Waals surface area (Å²) in [4.78, 5) is 14.9. The zero-order chi connectivity index (χ0) is 15.6. The SMILES string of the molecule is O=C(CN1CCC[C@H]1Cc1ccccc1)NC(C1CC1)C1CC1. The highest BCUT2D eigenvalue weighted by Gasteiger charge is 2.42. The van der Waals surface area contributed by atoms with Gasteiger partial charge < -0.3 is 5.32 Å². The van der Waals surface area contributed by atoms with Gasteiger partial charge in [0.15, 0.2) is 0 Å². The summed E-state index contributed by atoms with van der Waals surface area (Å²) in [6.45, 7) is 1.66. The van der Waals surface area contributed by atoms with Crippen molar-refractivity contribution < 1.29 is 4.79 Å². The quantitative estimate of drug-likeness (QED) is 0.839. The van der Waals surface area contributed by atoms with E-state index >= 15 is 0 Å². The van der Waals surface area contributed by atoms with Crippen molar-refractivity contribution in [1.29, 1.82) is 0 Å². The average Bonchev–Trinajstić information content (AvgIpc) is 3.47. The molecule has 2 saturated carbocycles. The molecule has 0 unspecified atom stereocenters. The van der Waals surface area contributed by atoms with E-state index in [0.29, 0.717) is 18.6 Å². The van der Waals surface area contributed by atoms with E-state index in [9.17, 15) is 4.79 Å². The number of hydrogen-bond donors (Lipinski definition) is 1. The molecule has 1 aliphatic heterocycles. The van der Waals surface area contributed by atoms with E-state index in [2.05, 4.69) is 40.5 Å². The van der Waals surface area contributed by atoms with E-state index in [-0.39, 0.29) is 5.91 Å². The number of benzene rings is 1. The predicted octanol–water partition coefficient (Wildman–Crippen LogP) is 3.00. The Labute approximate surface area is 139 Å². The second-order valence-electron chi connectivity index (χ2n) is 7.72. The average molecular weight is 312 g/mol. The van der Waals surface area contributed by atoms with E-state index in [0.717, 1.165) is 24.8 Å². The van der Waals surface area contributed by atoms with E-state index in [4.69, 9.17) is 0 Å². The Hall–Kier alpha value is -1.35. The Morgan fingerprint density at radius 2 is 1.78 bits per heavy atom. The van der Waals surface area contributed by atoms with Crippen LogP contribution in [0.2, 0.25) is 0 Å². The highest BCUT2D eigenvalue weighted by molar-refractivity contribution is 5.78. The van der Waals surface area contributed by atoms with Crippen LogP contribution in [0.5, 0.6) is 0 Å². The van der Waals surface area contributed by atoms with Crippen molar-refractivity contribution >= 4 is 5.91 Å². The lowest BCUT2D eigenvalue weighted by atomic mass is 10.0.